The van der Waals surface area contributed by atoms with Gasteiger partial charge in [0.15, 0.2) is 5.76 Å². The molecular formula is C13H17N5O3. The van der Waals surface area contributed by atoms with Crippen LogP contribution in [-0.2, 0) is 6.54 Å². The first-order valence-electron chi connectivity index (χ1n) is 6.27. The molecule has 112 valence electrons. The highest BCUT2D eigenvalue weighted by molar-refractivity contribution is 5.92. The van der Waals surface area contributed by atoms with Crippen molar-refractivity contribution in [2.45, 2.75) is 13.5 Å². The molecule has 0 atom stereocenters. The Hall–Kier alpha value is -2.61. The number of nitrogen functional groups attached to an aromatic ring is 1. The van der Waals surface area contributed by atoms with Crippen LogP contribution in [0.25, 0.3) is 0 Å². The number of rotatable bonds is 4. The zero-order valence-corrected chi connectivity index (χ0v) is 12.1. The van der Waals surface area contributed by atoms with Crippen LogP contribution in [0.2, 0.25) is 0 Å². The second-order valence-corrected chi connectivity index (χ2v) is 4.76. The highest BCUT2D eigenvalue weighted by atomic mass is 16.4. The predicted octanol–water partition coefficient (Wildman–Crippen LogP) is 0.138. The number of carbonyl (C=O) groups is 2. The molecular weight excluding hydrogens is 274 g/mol. The van der Waals surface area contributed by atoms with Gasteiger partial charge in [0, 0.05) is 25.9 Å². The Bertz CT molecular complexity index is 671. The van der Waals surface area contributed by atoms with Gasteiger partial charge in [-0.25, -0.2) is 5.84 Å². The van der Waals surface area contributed by atoms with Gasteiger partial charge in [0.05, 0.1) is 6.54 Å². The SMILES string of the molecule is Cc1oc(C(=O)NN)cc1Cn1ccc(C(=O)N(C)C)n1. The van der Waals surface area contributed by atoms with Gasteiger partial charge >= 0.3 is 5.91 Å². The van der Waals surface area contributed by atoms with Crippen molar-refractivity contribution in [1.82, 2.24) is 20.1 Å². The maximum atomic E-state index is 11.8. The summed E-state index contributed by atoms with van der Waals surface area (Å²) < 4.78 is 6.93. The summed E-state index contributed by atoms with van der Waals surface area (Å²) in [5.41, 5.74) is 3.17. The number of hydrogen-bond donors (Lipinski definition) is 2. The first-order valence-corrected chi connectivity index (χ1v) is 6.27. The van der Waals surface area contributed by atoms with Crippen molar-refractivity contribution in [2.24, 2.45) is 5.84 Å². The lowest BCUT2D eigenvalue weighted by molar-refractivity contribution is 0.0820. The molecule has 0 spiro atoms. The van der Waals surface area contributed by atoms with Crippen molar-refractivity contribution in [3.63, 3.8) is 0 Å². The molecule has 0 saturated carbocycles. The minimum atomic E-state index is -0.492. The van der Waals surface area contributed by atoms with Crippen LogP contribution >= 0.6 is 0 Å². The first-order chi connectivity index (χ1) is 9.92. The summed E-state index contributed by atoms with van der Waals surface area (Å²) in [6, 6.07) is 3.25. The molecule has 3 N–H and O–H groups in total. The number of amides is 2. The summed E-state index contributed by atoms with van der Waals surface area (Å²) in [6.45, 7) is 2.14. The maximum absolute atomic E-state index is 11.8. The third-order valence-electron chi connectivity index (χ3n) is 2.97. The van der Waals surface area contributed by atoms with E-state index in [0.717, 1.165) is 5.56 Å². The van der Waals surface area contributed by atoms with Crippen molar-refractivity contribution < 1.29 is 14.0 Å². The summed E-state index contributed by atoms with van der Waals surface area (Å²) in [5.74, 6) is 5.15. The van der Waals surface area contributed by atoms with Crippen LogP contribution < -0.4 is 11.3 Å². The Morgan fingerprint density at radius 2 is 2.19 bits per heavy atom. The number of hydrogen-bond acceptors (Lipinski definition) is 5. The Kier molecular flexibility index (Phi) is 4.08. The normalized spacial score (nSPS) is 10.5. The van der Waals surface area contributed by atoms with E-state index in [-0.39, 0.29) is 11.7 Å². The number of nitrogens with zero attached hydrogens (tertiary/aromatic N) is 3. The fourth-order valence-electron chi connectivity index (χ4n) is 1.83. The molecule has 2 aromatic heterocycles. The van der Waals surface area contributed by atoms with Gasteiger partial charge < -0.3 is 9.32 Å². The van der Waals surface area contributed by atoms with Crippen LogP contribution in [0.5, 0.6) is 0 Å². The van der Waals surface area contributed by atoms with Crippen molar-refractivity contribution in [2.75, 3.05) is 14.1 Å². The van der Waals surface area contributed by atoms with E-state index in [9.17, 15) is 9.59 Å². The van der Waals surface area contributed by atoms with Crippen LogP contribution in [0.1, 0.15) is 32.4 Å². The second-order valence-electron chi connectivity index (χ2n) is 4.76. The molecule has 2 amide bonds. The van der Waals surface area contributed by atoms with E-state index < -0.39 is 5.91 Å². The molecule has 0 radical (unpaired) electrons. The number of furan rings is 1. The van der Waals surface area contributed by atoms with Gasteiger partial charge in [0.2, 0.25) is 0 Å². The number of hydrazine groups is 1. The van der Waals surface area contributed by atoms with Gasteiger partial charge in [-0.2, -0.15) is 5.10 Å². The molecule has 2 heterocycles. The molecule has 0 fully saturated rings. The van der Waals surface area contributed by atoms with E-state index in [1.54, 1.807) is 44.0 Å². The molecule has 0 saturated heterocycles. The van der Waals surface area contributed by atoms with E-state index in [1.165, 1.54) is 4.90 Å². The lowest BCUT2D eigenvalue weighted by atomic mass is 10.2. The van der Waals surface area contributed by atoms with Crippen molar-refractivity contribution in [3.8, 4) is 0 Å². The fraction of sp³-hybridized carbons (Fsp3) is 0.308. The molecule has 21 heavy (non-hydrogen) atoms. The first kappa shape index (κ1) is 14.8. The van der Waals surface area contributed by atoms with Gasteiger partial charge in [-0.05, 0) is 19.1 Å². The molecule has 0 aliphatic rings. The lowest BCUT2D eigenvalue weighted by Gasteiger charge is -2.06. The van der Waals surface area contributed by atoms with E-state index in [2.05, 4.69) is 5.10 Å². The molecule has 0 aromatic carbocycles. The highest BCUT2D eigenvalue weighted by Crippen LogP contribution is 2.16. The van der Waals surface area contributed by atoms with Crippen molar-refractivity contribution in [3.05, 3.63) is 41.1 Å². The second kappa shape index (κ2) is 5.80. The minimum absolute atomic E-state index is 0.141. The quantitative estimate of drug-likeness (QED) is 0.473. The van der Waals surface area contributed by atoms with Gasteiger partial charge in [0.25, 0.3) is 5.91 Å². The molecule has 2 aromatic rings. The minimum Gasteiger partial charge on any atom is -0.456 e. The molecule has 0 unspecified atom stereocenters. The average Bonchev–Trinajstić information content (AvgIpc) is 3.05. The zero-order chi connectivity index (χ0) is 15.6. The molecule has 8 nitrogen and oxygen atoms in total. The van der Waals surface area contributed by atoms with Crippen LogP contribution in [0.4, 0.5) is 0 Å². The van der Waals surface area contributed by atoms with Gasteiger partial charge in [-0.15, -0.1) is 0 Å². The summed E-state index contributed by atoms with van der Waals surface area (Å²) in [5, 5.41) is 4.20. The Morgan fingerprint density at radius 3 is 2.81 bits per heavy atom. The van der Waals surface area contributed by atoms with Crippen LogP contribution in [0, 0.1) is 6.92 Å². The molecule has 8 heteroatoms. The van der Waals surface area contributed by atoms with E-state index in [0.29, 0.717) is 18.0 Å². The maximum Gasteiger partial charge on any atom is 0.300 e. The van der Waals surface area contributed by atoms with Crippen LogP contribution in [-0.4, -0.2) is 40.6 Å². The Labute approximate surface area is 121 Å². The molecule has 2 rings (SSSR count). The standard InChI is InChI=1S/C13H17N5O3/c1-8-9(6-11(21-8)12(19)15-14)7-18-5-4-10(16-18)13(20)17(2)3/h4-6H,7,14H2,1-3H3,(H,15,19). The average molecular weight is 291 g/mol. The van der Waals surface area contributed by atoms with Gasteiger partial charge in [0.1, 0.15) is 11.5 Å². The molecule has 0 aliphatic carbocycles. The highest BCUT2D eigenvalue weighted by Gasteiger charge is 2.15. The largest absolute Gasteiger partial charge is 0.456 e. The summed E-state index contributed by atoms with van der Waals surface area (Å²) >= 11 is 0. The van der Waals surface area contributed by atoms with Crippen molar-refractivity contribution in [1.29, 1.82) is 0 Å². The van der Waals surface area contributed by atoms with E-state index in [1.807, 2.05) is 5.43 Å². The number of aryl methyl sites for hydroxylation is 1. The summed E-state index contributed by atoms with van der Waals surface area (Å²) in [4.78, 5) is 24.6. The number of carbonyl (C=O) groups excluding carboxylic acids is 2. The van der Waals surface area contributed by atoms with Crippen LogP contribution in [0.15, 0.2) is 22.7 Å². The van der Waals surface area contributed by atoms with E-state index in [4.69, 9.17) is 10.3 Å². The third kappa shape index (κ3) is 3.11. The summed E-state index contributed by atoms with van der Waals surface area (Å²) in [6.07, 6.45) is 1.70. The zero-order valence-electron chi connectivity index (χ0n) is 12.1. The number of nitrogens with two attached hydrogens (primary N) is 1. The number of nitrogens with one attached hydrogen (secondary N) is 1. The van der Waals surface area contributed by atoms with Crippen LogP contribution in [0.3, 0.4) is 0 Å². The van der Waals surface area contributed by atoms with Gasteiger partial charge in [-0.1, -0.05) is 0 Å². The topological polar surface area (TPSA) is 106 Å². The third-order valence-corrected chi connectivity index (χ3v) is 2.97. The summed E-state index contributed by atoms with van der Waals surface area (Å²) in [7, 11) is 3.33. The number of aromatic nitrogens is 2. The molecule has 0 aliphatic heterocycles. The fourth-order valence-corrected chi connectivity index (χ4v) is 1.83. The predicted molar refractivity (Wildman–Crippen MR) is 74.4 cm³/mol. The van der Waals surface area contributed by atoms with E-state index >= 15 is 0 Å². The smallest absolute Gasteiger partial charge is 0.300 e. The molecule has 0 bridgehead atoms. The van der Waals surface area contributed by atoms with Gasteiger partial charge in [-0.3, -0.25) is 19.7 Å². The monoisotopic (exact) mass is 291 g/mol. The lowest BCUT2D eigenvalue weighted by Crippen LogP contribution is -2.29. The van der Waals surface area contributed by atoms with Crippen molar-refractivity contribution >= 4 is 11.8 Å². The Morgan fingerprint density at radius 1 is 1.48 bits per heavy atom. The Balaban J connectivity index is 2.17.